The van der Waals surface area contributed by atoms with Crippen molar-refractivity contribution in [2.75, 3.05) is 31.1 Å². The molecule has 27 heavy (non-hydrogen) atoms. The topological polar surface area (TPSA) is 58.4 Å². The van der Waals surface area contributed by atoms with Gasteiger partial charge in [0.25, 0.3) is 0 Å². The highest BCUT2D eigenvalue weighted by molar-refractivity contribution is 7.89. The first-order valence-corrected chi connectivity index (χ1v) is 11.3. The van der Waals surface area contributed by atoms with E-state index in [9.17, 15) is 8.42 Å². The highest BCUT2D eigenvalue weighted by atomic mass is 35.5. The van der Waals surface area contributed by atoms with E-state index in [1.807, 2.05) is 28.9 Å². The Morgan fingerprint density at radius 1 is 1.07 bits per heavy atom. The van der Waals surface area contributed by atoms with Gasteiger partial charge in [-0.15, -0.1) is 0 Å². The lowest BCUT2D eigenvalue weighted by Crippen LogP contribution is -2.48. The molecule has 146 valence electrons. The Bertz CT molecular complexity index is 914. The molecule has 1 saturated heterocycles. The fourth-order valence-electron chi connectivity index (χ4n) is 4.09. The normalized spacial score (nSPS) is 19.7. The molecule has 2 aliphatic rings. The van der Waals surface area contributed by atoms with Crippen molar-refractivity contribution in [3.63, 3.8) is 0 Å². The lowest BCUT2D eigenvalue weighted by Gasteiger charge is -2.35. The molecule has 1 aliphatic heterocycles. The average molecular weight is 409 g/mol. The van der Waals surface area contributed by atoms with Gasteiger partial charge in [-0.05, 0) is 31.9 Å². The number of nitrogens with zero attached hydrogens (tertiary/aromatic N) is 4. The monoisotopic (exact) mass is 408 g/mol. The predicted octanol–water partition coefficient (Wildman–Crippen LogP) is 3.47. The minimum absolute atomic E-state index is 0.338. The van der Waals surface area contributed by atoms with Gasteiger partial charge in [-0.3, -0.25) is 4.68 Å². The van der Waals surface area contributed by atoms with E-state index in [1.54, 1.807) is 17.4 Å². The average Bonchev–Trinajstić information content (AvgIpc) is 3.32. The van der Waals surface area contributed by atoms with E-state index in [1.165, 1.54) is 12.8 Å². The Hall–Kier alpha value is -1.57. The van der Waals surface area contributed by atoms with Crippen LogP contribution < -0.4 is 4.90 Å². The smallest absolute Gasteiger partial charge is 0.246 e. The van der Waals surface area contributed by atoms with E-state index < -0.39 is 10.0 Å². The van der Waals surface area contributed by atoms with E-state index in [2.05, 4.69) is 10.00 Å². The van der Waals surface area contributed by atoms with Crippen LogP contribution in [0.4, 0.5) is 5.69 Å². The van der Waals surface area contributed by atoms with E-state index in [4.69, 9.17) is 11.6 Å². The summed E-state index contributed by atoms with van der Waals surface area (Å²) >= 11 is 6.28. The molecular formula is C19H25ClN4O2S. The summed E-state index contributed by atoms with van der Waals surface area (Å²) in [5.41, 5.74) is 1.55. The van der Waals surface area contributed by atoms with Crippen LogP contribution in [0.3, 0.4) is 0 Å². The molecule has 2 heterocycles. The van der Waals surface area contributed by atoms with Crippen molar-refractivity contribution in [1.29, 1.82) is 0 Å². The molecule has 0 unspecified atom stereocenters. The third-order valence-corrected chi connectivity index (χ3v) is 7.94. The Morgan fingerprint density at radius 3 is 2.41 bits per heavy atom. The molecule has 8 heteroatoms. The molecule has 0 atom stereocenters. The van der Waals surface area contributed by atoms with Crippen LogP contribution in [0, 0.1) is 6.92 Å². The van der Waals surface area contributed by atoms with Crippen LogP contribution in [0.1, 0.15) is 37.4 Å². The summed E-state index contributed by atoms with van der Waals surface area (Å²) in [5.74, 6) is 0. The minimum Gasteiger partial charge on any atom is -0.368 e. The molecule has 2 aromatic rings. The SMILES string of the molecule is Cc1nn(C2CCCC2)cc1S(=O)(=O)N1CCN(c2ccccc2Cl)CC1. The molecule has 0 radical (unpaired) electrons. The first-order chi connectivity index (χ1) is 13.0. The number of piperazine rings is 1. The van der Waals surface area contributed by atoms with Crippen molar-refractivity contribution in [1.82, 2.24) is 14.1 Å². The zero-order valence-corrected chi connectivity index (χ0v) is 17.1. The van der Waals surface area contributed by atoms with Gasteiger partial charge in [0.2, 0.25) is 10.0 Å². The molecule has 2 fully saturated rings. The molecule has 1 aromatic carbocycles. The Labute approximate surface area is 165 Å². The van der Waals surface area contributed by atoms with Crippen LogP contribution in [-0.2, 0) is 10.0 Å². The van der Waals surface area contributed by atoms with Crippen molar-refractivity contribution in [2.24, 2.45) is 0 Å². The highest BCUT2D eigenvalue weighted by Crippen LogP contribution is 2.31. The van der Waals surface area contributed by atoms with Gasteiger partial charge in [-0.1, -0.05) is 36.6 Å². The summed E-state index contributed by atoms with van der Waals surface area (Å²) in [6, 6.07) is 8.02. The first kappa shape index (κ1) is 18.8. The largest absolute Gasteiger partial charge is 0.368 e. The highest BCUT2D eigenvalue weighted by Gasteiger charge is 2.32. The maximum atomic E-state index is 13.2. The van der Waals surface area contributed by atoms with Gasteiger partial charge in [-0.25, -0.2) is 8.42 Å². The Balaban J connectivity index is 1.50. The number of hydrogen-bond donors (Lipinski definition) is 0. The molecule has 0 spiro atoms. The van der Waals surface area contributed by atoms with Crippen LogP contribution >= 0.6 is 11.6 Å². The van der Waals surface area contributed by atoms with Crippen LogP contribution in [0.25, 0.3) is 0 Å². The molecule has 1 aromatic heterocycles. The molecule has 0 N–H and O–H groups in total. The third kappa shape index (κ3) is 3.60. The molecular weight excluding hydrogens is 384 g/mol. The number of para-hydroxylation sites is 1. The molecule has 4 rings (SSSR count). The fraction of sp³-hybridized carbons (Fsp3) is 0.526. The maximum Gasteiger partial charge on any atom is 0.246 e. The molecule has 1 saturated carbocycles. The van der Waals surface area contributed by atoms with E-state index in [-0.39, 0.29) is 0 Å². The maximum absolute atomic E-state index is 13.2. The third-order valence-electron chi connectivity index (χ3n) is 5.62. The van der Waals surface area contributed by atoms with E-state index in [0.717, 1.165) is 18.5 Å². The van der Waals surface area contributed by atoms with Crippen molar-refractivity contribution < 1.29 is 8.42 Å². The number of hydrogen-bond acceptors (Lipinski definition) is 4. The van der Waals surface area contributed by atoms with Crippen LogP contribution in [-0.4, -0.2) is 48.7 Å². The quantitative estimate of drug-likeness (QED) is 0.777. The van der Waals surface area contributed by atoms with Gasteiger partial charge in [0.1, 0.15) is 4.90 Å². The Morgan fingerprint density at radius 2 is 1.74 bits per heavy atom. The number of benzene rings is 1. The van der Waals surface area contributed by atoms with Crippen LogP contribution in [0.5, 0.6) is 0 Å². The number of halogens is 1. The molecule has 0 amide bonds. The number of aromatic nitrogens is 2. The number of rotatable bonds is 4. The summed E-state index contributed by atoms with van der Waals surface area (Å²) in [6.07, 6.45) is 6.28. The van der Waals surface area contributed by atoms with Gasteiger partial charge in [0.15, 0.2) is 0 Å². The van der Waals surface area contributed by atoms with Crippen molar-refractivity contribution in [2.45, 2.75) is 43.5 Å². The van der Waals surface area contributed by atoms with Crippen molar-refractivity contribution in [3.05, 3.63) is 41.2 Å². The Kier molecular flexibility index (Phi) is 5.18. The second-order valence-electron chi connectivity index (χ2n) is 7.34. The number of sulfonamides is 1. The van der Waals surface area contributed by atoms with Gasteiger partial charge in [0.05, 0.1) is 22.4 Å². The summed E-state index contributed by atoms with van der Waals surface area (Å²) in [7, 11) is -3.53. The van der Waals surface area contributed by atoms with Crippen LogP contribution in [0.15, 0.2) is 35.4 Å². The van der Waals surface area contributed by atoms with Crippen LogP contribution in [0.2, 0.25) is 5.02 Å². The number of anilines is 1. The standard InChI is InChI=1S/C19H25ClN4O2S/c1-15-19(14-24(21-15)16-6-2-3-7-16)27(25,26)23-12-10-22(11-13-23)18-9-5-4-8-17(18)20/h4-5,8-9,14,16H,2-3,6-7,10-13H2,1H3. The van der Waals surface area contributed by atoms with Crippen molar-refractivity contribution in [3.8, 4) is 0 Å². The fourth-order valence-corrected chi connectivity index (χ4v) is 5.92. The summed E-state index contributed by atoms with van der Waals surface area (Å²) in [4.78, 5) is 2.49. The number of aryl methyl sites for hydroxylation is 1. The second-order valence-corrected chi connectivity index (χ2v) is 9.65. The van der Waals surface area contributed by atoms with E-state index in [0.29, 0.717) is 47.8 Å². The van der Waals surface area contributed by atoms with E-state index >= 15 is 0 Å². The first-order valence-electron chi connectivity index (χ1n) is 9.52. The minimum atomic E-state index is -3.53. The zero-order valence-electron chi connectivity index (χ0n) is 15.5. The van der Waals surface area contributed by atoms with Gasteiger partial charge in [0, 0.05) is 32.4 Å². The second kappa shape index (κ2) is 7.45. The van der Waals surface area contributed by atoms with Gasteiger partial charge in [-0.2, -0.15) is 9.40 Å². The molecule has 0 bridgehead atoms. The van der Waals surface area contributed by atoms with Crippen molar-refractivity contribution >= 4 is 27.3 Å². The lowest BCUT2D eigenvalue weighted by atomic mass is 10.2. The van der Waals surface area contributed by atoms with Gasteiger partial charge < -0.3 is 4.90 Å². The summed E-state index contributed by atoms with van der Waals surface area (Å²) in [5, 5.41) is 5.21. The molecule has 1 aliphatic carbocycles. The summed E-state index contributed by atoms with van der Waals surface area (Å²) in [6.45, 7) is 3.93. The lowest BCUT2D eigenvalue weighted by molar-refractivity contribution is 0.384. The zero-order chi connectivity index (χ0) is 19.0. The predicted molar refractivity (Wildman–Crippen MR) is 107 cm³/mol. The van der Waals surface area contributed by atoms with Gasteiger partial charge >= 0.3 is 0 Å². The summed E-state index contributed by atoms with van der Waals surface area (Å²) < 4.78 is 29.8. The molecule has 6 nitrogen and oxygen atoms in total.